The molecule has 0 aromatic carbocycles. The maximum Gasteiger partial charge on any atom is 0.249 e. The Morgan fingerprint density at radius 3 is 2.39 bits per heavy atom. The van der Waals surface area contributed by atoms with Crippen LogP contribution in [0.3, 0.4) is 0 Å². The van der Waals surface area contributed by atoms with Crippen LogP contribution in [0, 0.1) is 31.6 Å². The molecular weight excluding hydrogens is 462 g/mol. The van der Waals surface area contributed by atoms with E-state index in [2.05, 4.69) is 20.7 Å². The van der Waals surface area contributed by atoms with E-state index in [1.54, 1.807) is 13.8 Å². The van der Waals surface area contributed by atoms with Crippen LogP contribution in [0.15, 0.2) is 9.42 Å². The number of carbonyl (C=O) groups excluding carboxylic acids is 1. The van der Waals surface area contributed by atoms with E-state index in [1.807, 2.05) is 0 Å². The fourth-order valence-electron chi connectivity index (χ4n) is 7.30. The minimum Gasteiger partial charge on any atom is -0.360 e. The molecule has 7 rings (SSSR count). The molecule has 1 atom stereocenters. The molecule has 1 aliphatic heterocycles. The van der Waals surface area contributed by atoms with Crippen LogP contribution >= 0.6 is 11.3 Å². The molecule has 9 nitrogen and oxygen atoms in total. The lowest BCUT2D eigenvalue weighted by Gasteiger charge is -2.55. The normalized spacial score (nSPS) is 33.6. The summed E-state index contributed by atoms with van der Waals surface area (Å²) in [5, 5.41) is 17.0. The minimum atomic E-state index is -3.89. The highest BCUT2D eigenvalue weighted by atomic mass is 32.2. The Hall–Kier alpha value is -1.85. The van der Waals surface area contributed by atoms with E-state index in [1.165, 1.54) is 54.2 Å². The highest BCUT2D eigenvalue weighted by molar-refractivity contribution is 7.89. The second-order valence-corrected chi connectivity index (χ2v) is 13.3. The van der Waals surface area contributed by atoms with Crippen LogP contribution in [-0.4, -0.2) is 46.6 Å². The van der Waals surface area contributed by atoms with Gasteiger partial charge in [-0.1, -0.05) is 16.5 Å². The minimum absolute atomic E-state index is 0.0576. The zero-order valence-corrected chi connectivity index (χ0v) is 20.5. The second kappa shape index (κ2) is 7.58. The molecule has 4 aliphatic carbocycles. The molecule has 0 unspecified atom stereocenters. The summed E-state index contributed by atoms with van der Waals surface area (Å²) in [4.78, 5) is 13.2. The van der Waals surface area contributed by atoms with Crippen molar-refractivity contribution in [3.8, 4) is 0 Å². The van der Waals surface area contributed by atoms with Crippen LogP contribution < -0.4 is 5.32 Å². The lowest BCUT2D eigenvalue weighted by Crippen LogP contribution is -2.48. The Morgan fingerprint density at radius 1 is 1.12 bits per heavy atom. The molecule has 0 radical (unpaired) electrons. The van der Waals surface area contributed by atoms with E-state index in [0.29, 0.717) is 30.2 Å². The molecule has 1 amide bonds. The summed E-state index contributed by atoms with van der Waals surface area (Å²) in [6.45, 7) is 3.46. The molecule has 2 aromatic heterocycles. The summed E-state index contributed by atoms with van der Waals surface area (Å²) in [6, 6.07) is -0.782. The van der Waals surface area contributed by atoms with Crippen LogP contribution in [0.25, 0.3) is 0 Å². The summed E-state index contributed by atoms with van der Waals surface area (Å²) < 4.78 is 32.9. The van der Waals surface area contributed by atoms with Gasteiger partial charge in [0.2, 0.25) is 21.1 Å². The molecule has 2 aromatic rings. The summed E-state index contributed by atoms with van der Waals surface area (Å²) in [7, 11) is -3.89. The first-order valence-electron chi connectivity index (χ1n) is 11.8. The maximum absolute atomic E-state index is 13.3. The highest BCUT2D eigenvalue weighted by Crippen LogP contribution is 2.61. The van der Waals surface area contributed by atoms with Crippen molar-refractivity contribution >= 4 is 32.4 Å². The number of nitrogens with zero attached hydrogens (tertiary/aromatic N) is 4. The summed E-state index contributed by atoms with van der Waals surface area (Å²) >= 11 is 1.47. The largest absolute Gasteiger partial charge is 0.360 e. The van der Waals surface area contributed by atoms with Crippen LogP contribution in [0.5, 0.6) is 0 Å². The molecule has 33 heavy (non-hydrogen) atoms. The first-order chi connectivity index (χ1) is 15.7. The van der Waals surface area contributed by atoms with Gasteiger partial charge in [0.15, 0.2) is 5.76 Å². The quantitative estimate of drug-likeness (QED) is 0.681. The fourth-order valence-corrected chi connectivity index (χ4v) is 10.2. The number of hydrogen-bond acceptors (Lipinski definition) is 8. The second-order valence-electron chi connectivity index (χ2n) is 10.5. The van der Waals surface area contributed by atoms with Crippen molar-refractivity contribution in [3.63, 3.8) is 0 Å². The van der Waals surface area contributed by atoms with Gasteiger partial charge in [-0.05, 0) is 83.0 Å². The molecule has 3 heterocycles. The number of amides is 1. The van der Waals surface area contributed by atoms with Crippen molar-refractivity contribution in [2.24, 2.45) is 17.8 Å². The topological polar surface area (TPSA) is 118 Å². The van der Waals surface area contributed by atoms with E-state index < -0.39 is 16.1 Å². The van der Waals surface area contributed by atoms with Crippen molar-refractivity contribution in [1.82, 2.24) is 19.7 Å². The number of carbonyl (C=O) groups is 1. The molecule has 178 valence electrons. The molecule has 11 heteroatoms. The Bertz CT molecular complexity index is 1150. The standard InChI is InChI=1S/C22H29N5O4S2/c1-12-18(13(2)31-26-12)33(29,30)27-5-3-4-17(27)19(28)23-21-25-24-20(32-21)22-9-14-6-15(10-22)8-16(7-14)11-22/h14-17H,3-11H2,1-2H3,(H,23,25,28)/t14?,15?,16?,17-,22?/m0/s1. The molecule has 5 aliphatic rings. The lowest BCUT2D eigenvalue weighted by molar-refractivity contribution is -0.119. The van der Waals surface area contributed by atoms with Crippen molar-refractivity contribution in [2.45, 2.75) is 81.6 Å². The number of aromatic nitrogens is 3. The average molecular weight is 492 g/mol. The number of nitrogens with one attached hydrogen (secondary N) is 1. The third-order valence-electron chi connectivity index (χ3n) is 8.19. The van der Waals surface area contributed by atoms with Crippen molar-refractivity contribution in [1.29, 1.82) is 0 Å². The Labute approximate surface area is 197 Å². The van der Waals surface area contributed by atoms with E-state index in [-0.39, 0.29) is 22.0 Å². The van der Waals surface area contributed by atoms with Crippen LogP contribution in [0.4, 0.5) is 5.13 Å². The molecule has 4 saturated carbocycles. The number of anilines is 1. The van der Waals surface area contributed by atoms with Crippen LogP contribution in [-0.2, 0) is 20.2 Å². The van der Waals surface area contributed by atoms with E-state index in [0.717, 1.165) is 22.8 Å². The van der Waals surface area contributed by atoms with E-state index >= 15 is 0 Å². The number of hydrogen-bond donors (Lipinski definition) is 1. The molecule has 4 bridgehead atoms. The predicted octanol–water partition coefficient (Wildman–Crippen LogP) is 3.40. The third kappa shape index (κ3) is 3.46. The molecule has 1 N–H and O–H groups in total. The number of aryl methyl sites for hydroxylation is 2. The van der Waals surface area contributed by atoms with Crippen molar-refractivity contribution in [3.05, 3.63) is 16.5 Å². The Balaban J connectivity index is 1.20. The summed E-state index contributed by atoms with van der Waals surface area (Å²) in [5.74, 6) is 2.30. The number of rotatable bonds is 5. The van der Waals surface area contributed by atoms with Crippen molar-refractivity contribution in [2.75, 3.05) is 11.9 Å². The predicted molar refractivity (Wildman–Crippen MR) is 121 cm³/mol. The van der Waals surface area contributed by atoms with Gasteiger partial charge in [-0.2, -0.15) is 4.31 Å². The van der Waals surface area contributed by atoms with Gasteiger partial charge < -0.3 is 4.52 Å². The maximum atomic E-state index is 13.3. The highest BCUT2D eigenvalue weighted by Gasteiger charge is 2.53. The van der Waals surface area contributed by atoms with Gasteiger partial charge in [0, 0.05) is 12.0 Å². The summed E-state index contributed by atoms with van der Waals surface area (Å²) in [5.41, 5.74) is 0.435. The van der Waals surface area contributed by atoms with Crippen LogP contribution in [0.2, 0.25) is 0 Å². The zero-order valence-electron chi connectivity index (χ0n) is 18.9. The van der Waals surface area contributed by atoms with Gasteiger partial charge in [-0.15, -0.1) is 10.2 Å². The van der Waals surface area contributed by atoms with Gasteiger partial charge >= 0.3 is 0 Å². The lowest BCUT2D eigenvalue weighted by atomic mass is 9.50. The molecule has 5 fully saturated rings. The monoisotopic (exact) mass is 491 g/mol. The summed E-state index contributed by atoms with van der Waals surface area (Å²) in [6.07, 6.45) is 8.73. The van der Waals surface area contributed by atoms with E-state index in [9.17, 15) is 13.2 Å². The fraction of sp³-hybridized carbons (Fsp3) is 0.727. The third-order valence-corrected chi connectivity index (χ3v) is 11.4. The van der Waals surface area contributed by atoms with Gasteiger partial charge in [0.05, 0.1) is 0 Å². The Morgan fingerprint density at radius 2 is 1.79 bits per heavy atom. The van der Waals surface area contributed by atoms with Gasteiger partial charge in [-0.3, -0.25) is 10.1 Å². The van der Waals surface area contributed by atoms with Gasteiger partial charge in [0.25, 0.3) is 0 Å². The molecular formula is C22H29N5O4S2. The Kier molecular flexibility index (Phi) is 4.97. The van der Waals surface area contributed by atoms with E-state index in [4.69, 9.17) is 4.52 Å². The van der Waals surface area contributed by atoms with Crippen molar-refractivity contribution < 1.29 is 17.7 Å². The van der Waals surface area contributed by atoms with Gasteiger partial charge in [-0.25, -0.2) is 8.42 Å². The average Bonchev–Trinajstić information content (AvgIpc) is 3.47. The first kappa shape index (κ1) is 21.7. The molecule has 1 saturated heterocycles. The SMILES string of the molecule is Cc1noc(C)c1S(=O)(=O)N1CCC[C@H]1C(=O)Nc1nnc(C23CC4CC(CC(C4)C2)C3)s1. The van der Waals surface area contributed by atoms with Gasteiger partial charge in [0.1, 0.15) is 21.6 Å². The molecule has 0 spiro atoms. The number of sulfonamides is 1. The van der Waals surface area contributed by atoms with Crippen LogP contribution in [0.1, 0.15) is 67.8 Å². The smallest absolute Gasteiger partial charge is 0.249 e. The first-order valence-corrected chi connectivity index (χ1v) is 14.1. The zero-order chi connectivity index (χ0) is 23.0.